The number of carbonyl (C=O) groups excluding carboxylic acids is 1. The summed E-state index contributed by atoms with van der Waals surface area (Å²) in [6, 6.07) is -0.804. The predicted molar refractivity (Wildman–Crippen MR) is 76.2 cm³/mol. The Morgan fingerprint density at radius 1 is 1.29 bits per heavy atom. The summed E-state index contributed by atoms with van der Waals surface area (Å²) in [5.74, 6) is 0.0302. The fraction of sp³-hybridized carbons (Fsp3) is 0.692. The Hall–Kier alpha value is -1.41. The third-order valence-corrected chi connectivity index (χ3v) is 5.39. The first kappa shape index (κ1) is 16.0. The van der Waals surface area contributed by atoms with Gasteiger partial charge in [0.15, 0.2) is 5.76 Å². The number of likely N-dealkylation sites (tertiary alicyclic amines) is 1. The van der Waals surface area contributed by atoms with E-state index in [1.165, 1.54) is 6.92 Å². The Labute approximate surface area is 124 Å². The molecule has 7 nitrogen and oxygen atoms in total. The summed E-state index contributed by atoms with van der Waals surface area (Å²) in [4.78, 5) is 14.0. The molecular weight excluding hydrogens is 294 g/mol. The van der Waals surface area contributed by atoms with Crippen LogP contribution in [0.2, 0.25) is 0 Å². The SMILES string of the molecule is Cc1noc(C)c1S(=O)(=O)NC(C)C(=O)N1CCCCC1. The maximum Gasteiger partial charge on any atom is 0.246 e. The van der Waals surface area contributed by atoms with Gasteiger partial charge in [-0.15, -0.1) is 0 Å². The molecule has 0 aliphatic carbocycles. The molecule has 1 aromatic rings. The molecule has 0 saturated carbocycles. The van der Waals surface area contributed by atoms with Gasteiger partial charge in [-0.1, -0.05) is 5.16 Å². The van der Waals surface area contributed by atoms with Crippen LogP contribution in [0, 0.1) is 13.8 Å². The Kier molecular flexibility index (Phi) is 4.67. The van der Waals surface area contributed by atoms with E-state index in [0.717, 1.165) is 19.3 Å². The average Bonchev–Trinajstić information content (AvgIpc) is 2.78. The largest absolute Gasteiger partial charge is 0.360 e. The number of aromatic nitrogens is 1. The topological polar surface area (TPSA) is 92.5 Å². The van der Waals surface area contributed by atoms with Crippen LogP contribution < -0.4 is 4.72 Å². The fourth-order valence-electron chi connectivity index (χ4n) is 2.59. The van der Waals surface area contributed by atoms with Crippen LogP contribution >= 0.6 is 0 Å². The summed E-state index contributed by atoms with van der Waals surface area (Å²) in [5, 5.41) is 3.63. The first-order chi connectivity index (χ1) is 9.83. The molecule has 2 rings (SSSR count). The van der Waals surface area contributed by atoms with E-state index in [4.69, 9.17) is 4.52 Å². The maximum atomic E-state index is 12.4. The van der Waals surface area contributed by atoms with Crippen LogP contribution in [0.1, 0.15) is 37.6 Å². The molecular formula is C13H21N3O4S. The highest BCUT2D eigenvalue weighted by Crippen LogP contribution is 2.19. The van der Waals surface area contributed by atoms with Crippen molar-refractivity contribution >= 4 is 15.9 Å². The van der Waals surface area contributed by atoms with Gasteiger partial charge in [-0.2, -0.15) is 4.72 Å². The Bertz CT molecular complexity index is 598. The van der Waals surface area contributed by atoms with Crippen LogP contribution in [0.15, 0.2) is 9.42 Å². The number of nitrogens with zero attached hydrogens (tertiary/aromatic N) is 2. The second kappa shape index (κ2) is 6.15. The molecule has 1 aromatic heterocycles. The van der Waals surface area contributed by atoms with Crippen molar-refractivity contribution in [3.63, 3.8) is 0 Å². The van der Waals surface area contributed by atoms with E-state index < -0.39 is 16.1 Å². The summed E-state index contributed by atoms with van der Waals surface area (Å²) < 4.78 is 32.0. The third kappa shape index (κ3) is 3.44. The fourth-order valence-corrected chi connectivity index (χ4v) is 4.11. The average molecular weight is 315 g/mol. The molecule has 1 aliphatic rings. The van der Waals surface area contributed by atoms with Gasteiger partial charge in [0.1, 0.15) is 10.6 Å². The minimum Gasteiger partial charge on any atom is -0.360 e. The van der Waals surface area contributed by atoms with Crippen LogP contribution in [0.4, 0.5) is 0 Å². The quantitative estimate of drug-likeness (QED) is 0.894. The van der Waals surface area contributed by atoms with Gasteiger partial charge in [-0.3, -0.25) is 4.79 Å². The molecule has 1 atom stereocenters. The highest BCUT2D eigenvalue weighted by molar-refractivity contribution is 7.89. The number of aryl methyl sites for hydroxylation is 2. The number of piperidine rings is 1. The van der Waals surface area contributed by atoms with E-state index in [-0.39, 0.29) is 22.3 Å². The summed E-state index contributed by atoms with van der Waals surface area (Å²) in [5.41, 5.74) is 0.289. The first-order valence-electron chi connectivity index (χ1n) is 7.07. The molecule has 1 saturated heterocycles. The normalized spacial score (nSPS) is 17.8. The number of amides is 1. The van der Waals surface area contributed by atoms with Gasteiger partial charge in [-0.05, 0) is 40.0 Å². The lowest BCUT2D eigenvalue weighted by Crippen LogP contribution is -2.48. The van der Waals surface area contributed by atoms with Gasteiger partial charge in [-0.25, -0.2) is 8.42 Å². The number of rotatable bonds is 4. The second-order valence-corrected chi connectivity index (χ2v) is 7.03. The molecule has 0 bridgehead atoms. The molecule has 8 heteroatoms. The molecule has 118 valence electrons. The monoisotopic (exact) mass is 315 g/mol. The van der Waals surface area contributed by atoms with E-state index in [1.807, 2.05) is 0 Å². The molecule has 2 heterocycles. The highest BCUT2D eigenvalue weighted by atomic mass is 32.2. The minimum atomic E-state index is -3.81. The molecule has 0 radical (unpaired) electrons. The molecule has 1 aliphatic heterocycles. The van der Waals surface area contributed by atoms with E-state index >= 15 is 0 Å². The van der Waals surface area contributed by atoms with Crippen LogP contribution in [-0.4, -0.2) is 43.5 Å². The summed E-state index contributed by atoms with van der Waals surface area (Å²) in [6.45, 7) is 6.03. The molecule has 1 N–H and O–H groups in total. The van der Waals surface area contributed by atoms with E-state index in [9.17, 15) is 13.2 Å². The third-order valence-electron chi connectivity index (χ3n) is 3.61. The molecule has 1 fully saturated rings. The summed E-state index contributed by atoms with van der Waals surface area (Å²) in [6.07, 6.45) is 3.05. The van der Waals surface area contributed by atoms with Gasteiger partial charge < -0.3 is 9.42 Å². The predicted octanol–water partition coefficient (Wildman–Crippen LogP) is 0.971. The van der Waals surface area contributed by atoms with E-state index in [1.54, 1.807) is 18.7 Å². The van der Waals surface area contributed by atoms with Crippen molar-refractivity contribution in [2.45, 2.75) is 51.0 Å². The van der Waals surface area contributed by atoms with Crippen LogP contribution in [0.25, 0.3) is 0 Å². The van der Waals surface area contributed by atoms with Gasteiger partial charge >= 0.3 is 0 Å². The number of nitrogens with one attached hydrogen (secondary N) is 1. The zero-order valence-electron chi connectivity index (χ0n) is 12.5. The lowest BCUT2D eigenvalue weighted by Gasteiger charge is -2.29. The van der Waals surface area contributed by atoms with Crippen molar-refractivity contribution < 1.29 is 17.7 Å². The van der Waals surface area contributed by atoms with Crippen molar-refractivity contribution in [3.05, 3.63) is 11.5 Å². The van der Waals surface area contributed by atoms with Crippen molar-refractivity contribution in [2.75, 3.05) is 13.1 Å². The van der Waals surface area contributed by atoms with Gasteiger partial charge in [0, 0.05) is 13.1 Å². The zero-order valence-corrected chi connectivity index (χ0v) is 13.4. The van der Waals surface area contributed by atoms with Gasteiger partial charge in [0.2, 0.25) is 15.9 Å². The Morgan fingerprint density at radius 2 is 1.90 bits per heavy atom. The molecule has 1 unspecified atom stereocenters. The van der Waals surface area contributed by atoms with Crippen molar-refractivity contribution in [2.24, 2.45) is 0 Å². The van der Waals surface area contributed by atoms with E-state index in [2.05, 4.69) is 9.88 Å². The smallest absolute Gasteiger partial charge is 0.246 e. The molecule has 0 aromatic carbocycles. The zero-order chi connectivity index (χ0) is 15.6. The van der Waals surface area contributed by atoms with Gasteiger partial charge in [0.25, 0.3) is 0 Å². The summed E-state index contributed by atoms with van der Waals surface area (Å²) >= 11 is 0. The van der Waals surface area contributed by atoms with E-state index in [0.29, 0.717) is 13.1 Å². The second-order valence-electron chi connectivity index (χ2n) is 5.38. The number of sulfonamides is 1. The molecule has 1 amide bonds. The molecule has 0 spiro atoms. The summed E-state index contributed by atoms with van der Waals surface area (Å²) in [7, 11) is -3.81. The number of hydrogen-bond donors (Lipinski definition) is 1. The Balaban J connectivity index is 2.11. The highest BCUT2D eigenvalue weighted by Gasteiger charge is 2.30. The number of hydrogen-bond acceptors (Lipinski definition) is 5. The van der Waals surface area contributed by atoms with Crippen LogP contribution in [0.5, 0.6) is 0 Å². The minimum absolute atomic E-state index is 0.0146. The van der Waals surface area contributed by atoms with Gasteiger partial charge in [0.05, 0.1) is 6.04 Å². The lowest BCUT2D eigenvalue weighted by molar-refractivity contribution is -0.133. The molecule has 21 heavy (non-hydrogen) atoms. The first-order valence-corrected chi connectivity index (χ1v) is 8.55. The van der Waals surface area contributed by atoms with Crippen molar-refractivity contribution in [1.29, 1.82) is 0 Å². The lowest BCUT2D eigenvalue weighted by atomic mass is 10.1. The maximum absolute atomic E-state index is 12.4. The standard InChI is InChI=1S/C13H21N3O4S/c1-9-12(11(3)20-14-9)21(18,19)15-10(2)13(17)16-7-5-4-6-8-16/h10,15H,4-8H2,1-3H3. The van der Waals surface area contributed by atoms with Crippen molar-refractivity contribution in [3.8, 4) is 0 Å². The number of carbonyl (C=O) groups is 1. The Morgan fingerprint density at radius 3 is 2.43 bits per heavy atom. The van der Waals surface area contributed by atoms with Crippen LogP contribution in [-0.2, 0) is 14.8 Å². The van der Waals surface area contributed by atoms with Crippen molar-refractivity contribution in [1.82, 2.24) is 14.8 Å². The van der Waals surface area contributed by atoms with Crippen LogP contribution in [0.3, 0.4) is 0 Å².